The molecule has 5 saturated carbocycles. The van der Waals surface area contributed by atoms with Crippen molar-refractivity contribution in [1.82, 2.24) is 5.32 Å². The van der Waals surface area contributed by atoms with Crippen molar-refractivity contribution in [3.05, 3.63) is 135 Å². The number of aromatic hydroxyl groups is 2. The van der Waals surface area contributed by atoms with E-state index in [9.17, 15) is 20.4 Å². The number of Topliss-reactive ketones (excluding diaryl/α,β-unsaturated/α-hetero) is 1. The third-order valence-corrected chi connectivity index (χ3v) is 22.9. The van der Waals surface area contributed by atoms with Gasteiger partial charge in [0, 0.05) is 65.7 Å². The quantitative estimate of drug-likeness (QED) is 0.104. The van der Waals surface area contributed by atoms with Gasteiger partial charge in [0.25, 0.3) is 0 Å². The predicted octanol–water partition coefficient (Wildman–Crippen LogP) is 12.1. The molecule has 10 aliphatic carbocycles. The lowest BCUT2D eigenvalue weighted by Gasteiger charge is -2.66. The van der Waals surface area contributed by atoms with Crippen LogP contribution in [0.5, 0.6) is 17.2 Å². The fourth-order valence-corrected chi connectivity index (χ4v) is 19.6. The molecule has 420 valence electrons. The molecule has 80 heavy (non-hydrogen) atoms. The number of nitrogens with one attached hydrogen (secondary N) is 1. The molecule has 0 saturated heterocycles. The third-order valence-electron chi connectivity index (χ3n) is 22.9. The highest BCUT2D eigenvalue weighted by Gasteiger charge is 2.67. The molecule has 7 N–H and O–H groups in total. The van der Waals surface area contributed by atoms with Gasteiger partial charge in [0.05, 0.1) is 36.5 Å². The number of phenols is 2. The summed E-state index contributed by atoms with van der Waals surface area (Å²) in [4.78, 5) is 21.0. The number of nitrogens with two attached hydrogens (primary N) is 1. The first kappa shape index (κ1) is 52.5. The zero-order valence-electron chi connectivity index (χ0n) is 47.2. The van der Waals surface area contributed by atoms with E-state index in [2.05, 4.69) is 90.9 Å². The van der Waals surface area contributed by atoms with Crippen molar-refractivity contribution in [2.75, 3.05) is 20.3 Å². The summed E-state index contributed by atoms with van der Waals surface area (Å²) in [6, 6.07) is 17.1. The molecule has 11 bridgehead atoms. The molecule has 13 atom stereocenters. The van der Waals surface area contributed by atoms with Crippen molar-refractivity contribution in [2.24, 2.45) is 57.1 Å². The first-order valence-corrected chi connectivity index (χ1v) is 31.1. The minimum atomic E-state index is -0.672. The lowest BCUT2D eigenvalue weighted by Crippen LogP contribution is -2.62. The predicted molar refractivity (Wildman–Crippen MR) is 311 cm³/mol. The number of rotatable bonds is 6. The molecule has 10 heteroatoms. The van der Waals surface area contributed by atoms with Gasteiger partial charge in [0.15, 0.2) is 23.2 Å². The number of ether oxygens (including phenoxy) is 2. The second-order valence-corrected chi connectivity index (χ2v) is 27.2. The highest BCUT2D eigenvalue weighted by molar-refractivity contribution is 5.98. The van der Waals surface area contributed by atoms with Crippen molar-refractivity contribution < 1.29 is 34.7 Å². The van der Waals surface area contributed by atoms with Crippen LogP contribution in [0.4, 0.5) is 0 Å². The van der Waals surface area contributed by atoms with Gasteiger partial charge in [-0.05, 0) is 189 Å². The van der Waals surface area contributed by atoms with E-state index in [4.69, 9.17) is 20.2 Å². The molecule has 11 aliphatic rings. The highest BCUT2D eigenvalue weighted by Crippen LogP contribution is 2.73. The lowest BCUT2D eigenvalue weighted by atomic mass is 9.39. The van der Waals surface area contributed by atoms with Crippen molar-refractivity contribution in [2.45, 2.75) is 183 Å². The van der Waals surface area contributed by atoms with Crippen LogP contribution in [0.2, 0.25) is 0 Å². The number of phenolic OH excluding ortho intramolecular Hbond substituents is 2. The Kier molecular flexibility index (Phi) is 13.2. The zero-order valence-corrected chi connectivity index (χ0v) is 47.2. The minimum absolute atomic E-state index is 0.00885. The average molecular weight is 1080 g/mol. The third kappa shape index (κ3) is 8.34. The summed E-state index contributed by atoms with van der Waals surface area (Å²) >= 11 is 0. The van der Waals surface area contributed by atoms with E-state index >= 15 is 4.79 Å². The number of allylic oxidation sites excluding steroid dienone is 4. The lowest BCUT2D eigenvalue weighted by molar-refractivity contribution is -0.128. The van der Waals surface area contributed by atoms with Gasteiger partial charge in [-0.1, -0.05) is 104 Å². The van der Waals surface area contributed by atoms with Crippen LogP contribution in [0, 0.1) is 58.2 Å². The number of methoxy groups -OCH3 is 1. The van der Waals surface area contributed by atoms with Crippen molar-refractivity contribution in [3.63, 3.8) is 0 Å². The second kappa shape index (κ2) is 20.1. The molecule has 0 amide bonds. The maximum absolute atomic E-state index is 15.4. The highest BCUT2D eigenvalue weighted by atomic mass is 16.5. The summed E-state index contributed by atoms with van der Waals surface area (Å²) in [7, 11) is 1.88. The number of nitrogens with zero attached hydrogens (tertiary/aromatic N) is 1. The Bertz CT molecular complexity index is 3220. The number of hydrogen-bond donors (Lipinski definition) is 6. The van der Waals surface area contributed by atoms with Crippen LogP contribution in [0.25, 0.3) is 0 Å². The van der Waals surface area contributed by atoms with Crippen molar-refractivity contribution in [3.8, 4) is 29.1 Å². The Morgan fingerprint density at radius 1 is 0.887 bits per heavy atom. The molecule has 1 heterocycles. The zero-order chi connectivity index (χ0) is 54.7. The van der Waals surface area contributed by atoms with Gasteiger partial charge in [-0.15, -0.1) is 0 Å². The summed E-state index contributed by atoms with van der Waals surface area (Å²) in [5, 5.41) is 51.9. The molecular formula is C70H83N3O7. The SMILES string of the molecule is COC12C=CC3C4CC#Cc5c(C6CCC7CC8(CO)C=CCCC8C(CO)=C7C(=O)C6)cc(OC6CCCC6)c(O)c5C5C1C3C=C1C(CC(C)CC15CC2)c1cc(O)cc(c1)Cc1cccc(c1)C1(CCCCC1)NC(N)=N4. The van der Waals surface area contributed by atoms with Crippen LogP contribution >= 0.6 is 0 Å². The number of carbonyl (C=O) groups excluding carboxylic acids is 1. The second-order valence-electron chi connectivity index (χ2n) is 27.2. The molecule has 14 rings (SSSR count). The number of aliphatic imine (C=N–C) groups is 1. The minimum Gasteiger partial charge on any atom is -0.508 e. The molecule has 0 aromatic heterocycles. The number of carbonyl (C=O) groups is 1. The number of aliphatic hydroxyl groups is 2. The maximum Gasteiger partial charge on any atom is 0.189 e. The Labute approximate surface area is 473 Å². The van der Waals surface area contributed by atoms with E-state index in [-0.39, 0.29) is 96.4 Å². The summed E-state index contributed by atoms with van der Waals surface area (Å²) in [5.74, 6) is 8.37. The molecule has 10 nitrogen and oxygen atoms in total. The molecular weight excluding hydrogens is 995 g/mol. The summed E-state index contributed by atoms with van der Waals surface area (Å²) in [6.45, 7) is 2.20. The van der Waals surface area contributed by atoms with Gasteiger partial charge >= 0.3 is 0 Å². The number of fused-ring (bicyclic) bond motifs is 9. The van der Waals surface area contributed by atoms with Crippen LogP contribution in [-0.2, 0) is 21.5 Å². The van der Waals surface area contributed by atoms with E-state index in [1.54, 1.807) is 0 Å². The van der Waals surface area contributed by atoms with Gasteiger partial charge < -0.3 is 41.0 Å². The Morgan fingerprint density at radius 2 is 1.73 bits per heavy atom. The molecule has 13 unspecified atom stereocenters. The largest absolute Gasteiger partial charge is 0.508 e. The van der Waals surface area contributed by atoms with E-state index in [1.807, 2.05) is 19.2 Å². The van der Waals surface area contributed by atoms with Gasteiger partial charge in [0.2, 0.25) is 0 Å². The average Bonchev–Trinajstić information content (AvgIpc) is 1.34. The van der Waals surface area contributed by atoms with Crippen LogP contribution in [-0.4, -0.2) is 70.2 Å². The Morgan fingerprint density at radius 3 is 2.54 bits per heavy atom. The fourth-order valence-electron chi connectivity index (χ4n) is 19.6. The molecule has 2 spiro atoms. The number of ketones is 1. The molecule has 0 radical (unpaired) electrons. The normalized spacial score (nSPS) is 36.6. The van der Waals surface area contributed by atoms with Crippen LogP contribution in [0.1, 0.15) is 192 Å². The number of hydrogen-bond acceptors (Lipinski definition) is 10. The van der Waals surface area contributed by atoms with Crippen molar-refractivity contribution in [1.29, 1.82) is 0 Å². The first-order valence-electron chi connectivity index (χ1n) is 31.1. The van der Waals surface area contributed by atoms with E-state index in [1.165, 1.54) is 23.1 Å². The number of aliphatic hydroxyl groups excluding tert-OH is 2. The number of benzene rings is 3. The summed E-state index contributed by atoms with van der Waals surface area (Å²) < 4.78 is 14.2. The molecule has 1 aliphatic heterocycles. The van der Waals surface area contributed by atoms with Crippen LogP contribution in [0.15, 0.2) is 101 Å². The van der Waals surface area contributed by atoms with E-state index < -0.39 is 22.0 Å². The fraction of sp³-hybridized carbons (Fsp3) is 0.571. The Hall–Kier alpha value is -5.60. The molecule has 5 fully saturated rings. The summed E-state index contributed by atoms with van der Waals surface area (Å²) in [5.41, 5.74) is 15.6. The topological polar surface area (TPSA) is 167 Å². The van der Waals surface area contributed by atoms with Gasteiger partial charge in [0.1, 0.15) is 5.75 Å². The van der Waals surface area contributed by atoms with Crippen molar-refractivity contribution >= 4 is 11.7 Å². The van der Waals surface area contributed by atoms with Crippen LogP contribution in [0.3, 0.4) is 0 Å². The van der Waals surface area contributed by atoms with E-state index in [0.717, 1.165) is 135 Å². The van der Waals surface area contributed by atoms with Crippen LogP contribution < -0.4 is 15.8 Å². The van der Waals surface area contributed by atoms with Gasteiger partial charge in [-0.2, -0.15) is 0 Å². The standard InChI is InChI=1S/C70H83N3O7/c1-41-28-53-46-30-43(32-48(76)33-46)29-42-12-10-13-47(31-42)69(23-7-3-8-24-69)73-66(71)72-58-18-11-16-51-52(44-19-20-45-38-67(40-75)22-9-6-17-56(67)55(39-74)61(45)59(77)34-44)36-60(80-49-14-4-5-15-49)65(78)62(51)64-63-54-35-57(53)68(64,37-41)26-27-70(63,79-2)25-21-50(54)58/h9-10,12-13,21-22,25,30-33,35-36,41,44-45,49-50,53-54,56,58,63-64,74-76,78H,3-8,14-15,17-20,23-24,26-29,34,37-40H2,1-2H3,(H3,71,72,73). The molecule has 3 aromatic carbocycles. The Balaban J connectivity index is 1.02. The first-order chi connectivity index (χ1) is 38.9. The number of guanidine groups is 1. The maximum atomic E-state index is 15.4. The monoisotopic (exact) mass is 1080 g/mol. The summed E-state index contributed by atoms with van der Waals surface area (Å²) in [6.07, 6.45) is 29.5. The van der Waals surface area contributed by atoms with Gasteiger partial charge in [-0.25, -0.2) is 4.99 Å². The smallest absolute Gasteiger partial charge is 0.189 e. The molecule has 3 aromatic rings. The van der Waals surface area contributed by atoms with Gasteiger partial charge in [-0.3, -0.25) is 4.79 Å². The van der Waals surface area contributed by atoms with E-state index in [0.29, 0.717) is 43.3 Å².